The van der Waals surface area contributed by atoms with Crippen molar-refractivity contribution in [3.05, 3.63) is 0 Å². The van der Waals surface area contributed by atoms with Crippen molar-refractivity contribution < 1.29 is 30.7 Å². The summed E-state index contributed by atoms with van der Waals surface area (Å²) in [5, 5.41) is 0. The summed E-state index contributed by atoms with van der Waals surface area (Å²) in [7, 11) is 0. The Morgan fingerprint density at radius 2 is 1.43 bits per heavy atom. The molecule has 0 unspecified atom stereocenters. The molecule has 0 aliphatic heterocycles. The van der Waals surface area contributed by atoms with Crippen LogP contribution in [-0.2, 0) is 0 Å². The van der Waals surface area contributed by atoms with E-state index < -0.39 is 30.9 Å². The van der Waals surface area contributed by atoms with E-state index in [0.717, 1.165) is 0 Å². The van der Waals surface area contributed by atoms with Gasteiger partial charge in [0.05, 0.1) is 0 Å². The Bertz CT molecular complexity index is 177. The van der Waals surface area contributed by atoms with Crippen LogP contribution in [0.3, 0.4) is 0 Å². The van der Waals surface area contributed by atoms with Gasteiger partial charge in [-0.1, -0.05) is 13.3 Å². The Hall–Kier alpha value is -0.490. The third-order valence-corrected chi connectivity index (χ3v) is 1.62. The molecule has 0 aromatic carbocycles. The Balaban J connectivity index is 4.74. The lowest BCUT2D eigenvalue weighted by atomic mass is 10.0. The number of alkyl halides is 7. The molecule has 0 saturated carbocycles. The molecule has 0 heterocycles. The summed E-state index contributed by atoms with van der Waals surface area (Å²) in [6.07, 6.45) is -9.93. The van der Waals surface area contributed by atoms with Crippen LogP contribution in [0, 0.1) is 0 Å². The predicted octanol–water partition coefficient (Wildman–Crippen LogP) is 3.66. The average Bonchev–Trinajstić information content (AvgIpc) is 2.02. The lowest BCUT2D eigenvalue weighted by Crippen LogP contribution is -2.50. The fourth-order valence-electron chi connectivity index (χ4n) is 0.841. The minimum atomic E-state index is -5.32. The first-order valence-corrected chi connectivity index (χ1v) is 3.84. The van der Waals surface area contributed by atoms with Gasteiger partial charge in [0.2, 0.25) is 6.17 Å². The van der Waals surface area contributed by atoms with Gasteiger partial charge in [-0.25, -0.2) is 13.2 Å². The molecular weight excluding hydrogens is 217 g/mol. The summed E-state index contributed by atoms with van der Waals surface area (Å²) in [5.41, 5.74) is 0. The van der Waals surface area contributed by atoms with Crippen LogP contribution in [0.2, 0.25) is 0 Å². The second-order valence-electron chi connectivity index (χ2n) is 2.81. The first-order valence-electron chi connectivity index (χ1n) is 3.84. The van der Waals surface area contributed by atoms with Crippen molar-refractivity contribution >= 4 is 0 Å². The largest absolute Gasteiger partial charge is 0.346 e. The molecule has 0 N–H and O–H groups in total. The lowest BCUT2D eigenvalue weighted by molar-refractivity contribution is -0.259. The zero-order valence-electron chi connectivity index (χ0n) is 7.21. The van der Waals surface area contributed by atoms with E-state index in [9.17, 15) is 30.7 Å². The number of halogens is 7. The van der Waals surface area contributed by atoms with E-state index >= 15 is 0 Å². The molecule has 0 bridgehead atoms. The number of rotatable bonds is 5. The van der Waals surface area contributed by atoms with E-state index in [1.54, 1.807) is 0 Å². The topological polar surface area (TPSA) is 0 Å². The van der Waals surface area contributed by atoms with Crippen molar-refractivity contribution in [2.45, 2.75) is 44.2 Å². The molecule has 0 aromatic rings. The van der Waals surface area contributed by atoms with Gasteiger partial charge in [0.15, 0.2) is 0 Å². The van der Waals surface area contributed by atoms with Gasteiger partial charge in [0.1, 0.15) is 0 Å². The summed E-state index contributed by atoms with van der Waals surface area (Å²) < 4.78 is 85.0. The molecule has 0 aliphatic carbocycles. The summed E-state index contributed by atoms with van der Waals surface area (Å²) in [6.45, 7) is 1.17. The molecule has 1 atom stereocenters. The van der Waals surface area contributed by atoms with Gasteiger partial charge in [0, 0.05) is 6.42 Å². The summed E-state index contributed by atoms with van der Waals surface area (Å²) >= 11 is 0. The van der Waals surface area contributed by atoms with E-state index in [2.05, 4.69) is 0 Å². The second kappa shape index (κ2) is 4.35. The second-order valence-corrected chi connectivity index (χ2v) is 2.81. The van der Waals surface area contributed by atoms with Crippen molar-refractivity contribution in [2.75, 3.05) is 0 Å². The molecule has 14 heavy (non-hydrogen) atoms. The third kappa shape index (κ3) is 2.51. The molecule has 0 aliphatic rings. The molecule has 0 fully saturated rings. The van der Waals surface area contributed by atoms with Gasteiger partial charge >= 0.3 is 11.8 Å². The predicted molar refractivity (Wildman–Crippen MR) is 35.7 cm³/mol. The molecule has 0 aromatic heterocycles. The van der Waals surface area contributed by atoms with E-state index in [0.29, 0.717) is 0 Å². The molecule has 0 rings (SSSR count). The van der Waals surface area contributed by atoms with Crippen LogP contribution in [0.5, 0.6) is 0 Å². The van der Waals surface area contributed by atoms with Crippen LogP contribution in [0.25, 0.3) is 0 Å². The highest BCUT2D eigenvalue weighted by Gasteiger charge is 2.63. The van der Waals surface area contributed by atoms with E-state index in [1.165, 1.54) is 6.92 Å². The van der Waals surface area contributed by atoms with Crippen molar-refractivity contribution in [3.8, 4) is 0 Å². The molecule has 0 spiro atoms. The monoisotopic (exact) mass is 226 g/mol. The highest BCUT2D eigenvalue weighted by atomic mass is 19.3. The van der Waals surface area contributed by atoms with Crippen molar-refractivity contribution in [1.29, 1.82) is 0 Å². The van der Waals surface area contributed by atoms with Crippen molar-refractivity contribution in [3.63, 3.8) is 0 Å². The smallest absolute Gasteiger partial charge is 0.234 e. The minimum absolute atomic E-state index is 0.349. The number of hydrogen-bond donors (Lipinski definition) is 0. The SMILES string of the molecule is CCCC(F)(F)C(F)(F)[C@@H](F)C(F)F. The van der Waals surface area contributed by atoms with Gasteiger partial charge in [0.25, 0.3) is 6.43 Å². The van der Waals surface area contributed by atoms with E-state index in [-0.39, 0.29) is 6.42 Å². The Morgan fingerprint density at radius 3 is 1.71 bits per heavy atom. The van der Waals surface area contributed by atoms with Crippen LogP contribution in [0.4, 0.5) is 30.7 Å². The van der Waals surface area contributed by atoms with Gasteiger partial charge in [-0.3, -0.25) is 0 Å². The summed E-state index contributed by atoms with van der Waals surface area (Å²) in [4.78, 5) is 0. The van der Waals surface area contributed by atoms with Crippen molar-refractivity contribution in [1.82, 2.24) is 0 Å². The quantitative estimate of drug-likeness (QED) is 0.627. The lowest BCUT2D eigenvalue weighted by Gasteiger charge is -2.28. The maximum absolute atomic E-state index is 12.5. The Morgan fingerprint density at radius 1 is 1.00 bits per heavy atom. The average molecular weight is 226 g/mol. The van der Waals surface area contributed by atoms with E-state index in [4.69, 9.17) is 0 Å². The highest BCUT2D eigenvalue weighted by molar-refractivity contribution is 4.91. The standard InChI is InChI=1S/C7H9F7/c1-2-3-6(11,12)7(13,14)4(8)5(9)10/h4-5H,2-3H2,1H3/t4-/m0/s1. The molecule has 0 saturated heterocycles. The maximum Gasteiger partial charge on any atom is 0.346 e. The van der Waals surface area contributed by atoms with Crippen LogP contribution < -0.4 is 0 Å². The fraction of sp³-hybridized carbons (Fsp3) is 1.00. The van der Waals surface area contributed by atoms with Crippen LogP contribution >= 0.6 is 0 Å². The minimum Gasteiger partial charge on any atom is -0.234 e. The molecule has 86 valence electrons. The van der Waals surface area contributed by atoms with Crippen LogP contribution in [0.15, 0.2) is 0 Å². The summed E-state index contributed by atoms with van der Waals surface area (Å²) in [6, 6.07) is 0. The van der Waals surface area contributed by atoms with Crippen molar-refractivity contribution in [2.24, 2.45) is 0 Å². The Labute approximate surface area is 76.1 Å². The molecular formula is C7H9F7. The first-order chi connectivity index (χ1) is 6.16. The van der Waals surface area contributed by atoms with Crippen LogP contribution in [-0.4, -0.2) is 24.4 Å². The van der Waals surface area contributed by atoms with Gasteiger partial charge in [-0.2, -0.15) is 17.6 Å². The number of hydrogen-bond acceptors (Lipinski definition) is 0. The normalized spacial score (nSPS) is 16.1. The maximum atomic E-state index is 12.5. The zero-order valence-corrected chi connectivity index (χ0v) is 7.21. The van der Waals surface area contributed by atoms with Gasteiger partial charge in [-0.05, 0) is 0 Å². The zero-order chi connectivity index (χ0) is 11.6. The van der Waals surface area contributed by atoms with E-state index in [1.807, 2.05) is 0 Å². The van der Waals surface area contributed by atoms with Gasteiger partial charge < -0.3 is 0 Å². The highest BCUT2D eigenvalue weighted by Crippen LogP contribution is 2.43. The fourth-order valence-corrected chi connectivity index (χ4v) is 0.841. The first kappa shape index (κ1) is 13.5. The Kier molecular flexibility index (Phi) is 4.20. The van der Waals surface area contributed by atoms with Crippen LogP contribution in [0.1, 0.15) is 19.8 Å². The third-order valence-electron chi connectivity index (χ3n) is 1.62. The summed E-state index contributed by atoms with van der Waals surface area (Å²) in [5.74, 6) is -10.1. The molecule has 0 radical (unpaired) electrons. The van der Waals surface area contributed by atoms with Gasteiger partial charge in [-0.15, -0.1) is 0 Å². The molecule has 7 heteroatoms. The molecule has 0 nitrogen and oxygen atoms in total. The molecule has 0 amide bonds.